The summed E-state index contributed by atoms with van der Waals surface area (Å²) in [5.41, 5.74) is 0. The van der Waals surface area contributed by atoms with E-state index in [0.717, 1.165) is 5.92 Å². The fraction of sp³-hybridized carbons (Fsp3) is 0.950. The van der Waals surface area contributed by atoms with Crippen LogP contribution >= 0.6 is 17.0 Å². The first kappa shape index (κ1) is 27.9. The van der Waals surface area contributed by atoms with Gasteiger partial charge in [0.15, 0.2) is 0 Å². The van der Waals surface area contributed by atoms with Crippen molar-refractivity contribution in [3.8, 4) is 0 Å². The zero-order chi connectivity index (χ0) is 14.9. The van der Waals surface area contributed by atoms with Crippen molar-refractivity contribution in [2.45, 2.75) is 117 Å². The molecule has 0 bridgehead atoms. The molecule has 0 aromatic carbocycles. The van der Waals surface area contributed by atoms with Crippen molar-refractivity contribution >= 4 is 17.0 Å². The second-order valence-electron chi connectivity index (χ2n) is 6.69. The topological polar surface area (TPSA) is 0 Å². The third-order valence-electron chi connectivity index (χ3n) is 4.43. The molecule has 0 spiro atoms. The second kappa shape index (κ2) is 24.4. The molecule has 0 aromatic rings. The van der Waals surface area contributed by atoms with Crippen molar-refractivity contribution in [1.29, 1.82) is 0 Å². The van der Waals surface area contributed by atoms with Gasteiger partial charge in [-0.1, -0.05) is 117 Å². The Morgan fingerprint density at radius 1 is 0.545 bits per heavy atom. The molecule has 0 aliphatic rings. The third kappa shape index (κ3) is 23.4. The molecule has 0 N–H and O–H groups in total. The Balaban J connectivity index is -0.00000180. The predicted molar refractivity (Wildman–Crippen MR) is 104 cm³/mol. The van der Waals surface area contributed by atoms with E-state index in [1.807, 2.05) is 0 Å². The zero-order valence-electron chi connectivity index (χ0n) is 15.7. The largest absolute Gasteiger partial charge is 0.340 e. The van der Waals surface area contributed by atoms with Gasteiger partial charge in [-0.2, -0.15) is 5.92 Å². The average molecular weight is 428 g/mol. The van der Waals surface area contributed by atoms with Gasteiger partial charge < -0.3 is 6.92 Å². The van der Waals surface area contributed by atoms with Gasteiger partial charge in [-0.25, -0.2) is 0 Å². The SMILES string of the molecule is Br.[CH2-]C(CCCCCCCC)CCCCCCCCCC.[Zn]. The molecule has 0 saturated carbocycles. The van der Waals surface area contributed by atoms with Crippen molar-refractivity contribution in [3.63, 3.8) is 0 Å². The molecule has 1 unspecified atom stereocenters. The first-order chi connectivity index (χ1) is 9.81. The van der Waals surface area contributed by atoms with Gasteiger partial charge in [-0.3, -0.25) is 0 Å². The maximum Gasteiger partial charge on any atom is 0 e. The van der Waals surface area contributed by atoms with Crippen molar-refractivity contribution in [2.75, 3.05) is 0 Å². The van der Waals surface area contributed by atoms with E-state index in [1.165, 1.54) is 103 Å². The molecule has 0 amide bonds. The maximum absolute atomic E-state index is 4.33. The summed E-state index contributed by atoms with van der Waals surface area (Å²) in [7, 11) is 0. The van der Waals surface area contributed by atoms with Crippen molar-refractivity contribution < 1.29 is 19.5 Å². The van der Waals surface area contributed by atoms with Crippen LogP contribution in [0.4, 0.5) is 0 Å². The monoisotopic (exact) mass is 425 g/mol. The molecule has 0 aliphatic heterocycles. The van der Waals surface area contributed by atoms with Crippen LogP contribution in [0.1, 0.15) is 117 Å². The van der Waals surface area contributed by atoms with Crippen LogP contribution in [-0.4, -0.2) is 0 Å². The second-order valence-corrected chi connectivity index (χ2v) is 6.69. The number of hydrogen-bond donors (Lipinski definition) is 0. The van der Waals surface area contributed by atoms with Crippen molar-refractivity contribution in [2.24, 2.45) is 5.92 Å². The minimum absolute atomic E-state index is 0. The molecule has 0 nitrogen and oxygen atoms in total. The molecular weight excluding hydrogens is 386 g/mol. The van der Waals surface area contributed by atoms with Crippen LogP contribution in [0.2, 0.25) is 0 Å². The normalized spacial score (nSPS) is 11.6. The van der Waals surface area contributed by atoms with Gasteiger partial charge in [0, 0.05) is 19.5 Å². The van der Waals surface area contributed by atoms with E-state index in [9.17, 15) is 0 Å². The fourth-order valence-corrected chi connectivity index (χ4v) is 2.92. The summed E-state index contributed by atoms with van der Waals surface area (Å²) < 4.78 is 0. The quantitative estimate of drug-likeness (QED) is 0.132. The Hall–Kier alpha value is 1.10. The fourth-order valence-electron chi connectivity index (χ4n) is 2.92. The Bertz CT molecular complexity index is 173. The molecule has 0 saturated heterocycles. The molecule has 1 atom stereocenters. The Labute approximate surface area is 165 Å². The zero-order valence-corrected chi connectivity index (χ0v) is 20.4. The maximum atomic E-state index is 4.33. The standard InChI is InChI=1S/C20H41.BrH.Zn/c1-4-6-8-10-12-13-15-17-19-20(3)18-16-14-11-9-7-5-2;;/h20H,3-19H2,1-2H3;1H;/q-1;;. The van der Waals surface area contributed by atoms with E-state index in [1.54, 1.807) is 0 Å². The van der Waals surface area contributed by atoms with E-state index in [0.29, 0.717) is 0 Å². The summed E-state index contributed by atoms with van der Waals surface area (Å²) in [5.74, 6) is 0.723. The summed E-state index contributed by atoms with van der Waals surface area (Å²) >= 11 is 0. The van der Waals surface area contributed by atoms with Gasteiger partial charge in [-0.15, -0.1) is 17.0 Å². The molecular formula is C20H42BrZn-. The minimum atomic E-state index is 0. The number of unbranched alkanes of at least 4 members (excludes halogenated alkanes) is 12. The van der Waals surface area contributed by atoms with E-state index < -0.39 is 0 Å². The molecule has 2 heteroatoms. The van der Waals surface area contributed by atoms with Crippen LogP contribution in [-0.2, 0) is 19.5 Å². The minimum Gasteiger partial charge on any atom is -0.340 e. The van der Waals surface area contributed by atoms with Crippen LogP contribution in [0.25, 0.3) is 0 Å². The molecule has 0 radical (unpaired) electrons. The summed E-state index contributed by atoms with van der Waals surface area (Å²) in [4.78, 5) is 0. The van der Waals surface area contributed by atoms with Crippen LogP contribution in [0.15, 0.2) is 0 Å². The predicted octanol–water partition coefficient (Wildman–Crippen LogP) is 8.29. The Morgan fingerprint density at radius 2 is 0.818 bits per heavy atom. The van der Waals surface area contributed by atoms with Crippen molar-refractivity contribution in [1.82, 2.24) is 0 Å². The molecule has 22 heavy (non-hydrogen) atoms. The van der Waals surface area contributed by atoms with Gasteiger partial charge in [0.1, 0.15) is 0 Å². The van der Waals surface area contributed by atoms with E-state index in [-0.39, 0.29) is 36.5 Å². The smallest absolute Gasteiger partial charge is 0 e. The van der Waals surface area contributed by atoms with E-state index >= 15 is 0 Å². The van der Waals surface area contributed by atoms with Crippen LogP contribution in [0.5, 0.6) is 0 Å². The van der Waals surface area contributed by atoms with Gasteiger partial charge in [0.2, 0.25) is 0 Å². The summed E-state index contributed by atoms with van der Waals surface area (Å²) in [6.07, 6.45) is 22.7. The van der Waals surface area contributed by atoms with Gasteiger partial charge >= 0.3 is 0 Å². The third-order valence-corrected chi connectivity index (χ3v) is 4.43. The summed E-state index contributed by atoms with van der Waals surface area (Å²) in [5, 5.41) is 0. The molecule has 132 valence electrons. The van der Waals surface area contributed by atoms with Crippen molar-refractivity contribution in [3.05, 3.63) is 6.92 Å². The van der Waals surface area contributed by atoms with Gasteiger partial charge in [0.25, 0.3) is 0 Å². The Morgan fingerprint density at radius 3 is 1.14 bits per heavy atom. The molecule has 0 rings (SSSR count). The molecule has 0 aromatic heterocycles. The van der Waals surface area contributed by atoms with Crippen LogP contribution in [0, 0.1) is 12.8 Å². The molecule has 0 fully saturated rings. The van der Waals surface area contributed by atoms with E-state index in [4.69, 9.17) is 0 Å². The Kier molecular flexibility index (Phi) is 30.9. The van der Waals surface area contributed by atoms with Gasteiger partial charge in [0.05, 0.1) is 0 Å². The first-order valence-corrected chi connectivity index (χ1v) is 9.64. The summed E-state index contributed by atoms with van der Waals surface area (Å²) in [6, 6.07) is 0. The molecule has 0 aliphatic carbocycles. The average Bonchev–Trinajstić information content (AvgIpc) is 2.45. The summed E-state index contributed by atoms with van der Waals surface area (Å²) in [6.45, 7) is 8.91. The van der Waals surface area contributed by atoms with Crippen LogP contribution in [0.3, 0.4) is 0 Å². The molecule has 0 heterocycles. The number of rotatable bonds is 16. The van der Waals surface area contributed by atoms with Gasteiger partial charge in [-0.05, 0) is 0 Å². The number of halogens is 1. The first-order valence-electron chi connectivity index (χ1n) is 9.64. The number of hydrogen-bond acceptors (Lipinski definition) is 0. The van der Waals surface area contributed by atoms with E-state index in [2.05, 4.69) is 20.8 Å². The van der Waals surface area contributed by atoms with Crippen LogP contribution < -0.4 is 0 Å².